The van der Waals surface area contributed by atoms with Crippen LogP contribution in [0.3, 0.4) is 0 Å². The Kier molecular flexibility index (Phi) is 10.3. The number of nitrogens with one attached hydrogen (secondary N) is 1. The molecule has 3 N–H and O–H groups in total. The van der Waals surface area contributed by atoms with Crippen molar-refractivity contribution in [2.75, 3.05) is 5.32 Å². The summed E-state index contributed by atoms with van der Waals surface area (Å²) in [4.78, 5) is 42.8. The molecule has 0 atom stereocenters. The Bertz CT molecular complexity index is 1510. The lowest BCUT2D eigenvalue weighted by Crippen LogP contribution is -2.21. The highest BCUT2D eigenvalue weighted by atomic mass is 19.4. The van der Waals surface area contributed by atoms with E-state index in [1.54, 1.807) is 23.1 Å². The number of hydrogen-bond donors (Lipinski definition) is 3. The summed E-state index contributed by atoms with van der Waals surface area (Å²) in [6.45, 7) is 6.42. The van der Waals surface area contributed by atoms with Crippen LogP contribution in [0.1, 0.15) is 36.7 Å². The van der Waals surface area contributed by atoms with Crippen LogP contribution in [0.5, 0.6) is 0 Å². The number of carbonyl (C=O) groups excluding carboxylic acids is 1. The molecule has 0 aliphatic heterocycles. The number of hydrogen-bond acceptors (Lipinski definition) is 7. The molecule has 11 nitrogen and oxygen atoms in total. The van der Waals surface area contributed by atoms with Gasteiger partial charge in [0.2, 0.25) is 0 Å². The van der Waals surface area contributed by atoms with Crippen molar-refractivity contribution in [3.63, 3.8) is 0 Å². The minimum Gasteiger partial charge on any atom is -0.475 e. The van der Waals surface area contributed by atoms with Crippen LogP contribution in [0.4, 0.5) is 32.2 Å². The zero-order valence-corrected chi connectivity index (χ0v) is 21.9. The lowest BCUT2D eigenvalue weighted by molar-refractivity contribution is -0.193. The van der Waals surface area contributed by atoms with Gasteiger partial charge < -0.3 is 15.5 Å². The highest BCUT2D eigenvalue weighted by Gasteiger charge is 2.38. The number of fused-ring (bicyclic) bond motifs is 1. The Morgan fingerprint density at radius 2 is 1.31 bits per heavy atom. The molecule has 0 radical (unpaired) electrons. The molecule has 224 valence electrons. The van der Waals surface area contributed by atoms with Crippen LogP contribution in [0, 0.1) is 0 Å². The van der Waals surface area contributed by atoms with E-state index >= 15 is 0 Å². The molecule has 0 saturated carbocycles. The number of anilines is 1. The Hall–Kier alpha value is -5.09. The maximum atomic E-state index is 12.5. The van der Waals surface area contributed by atoms with Crippen LogP contribution in [-0.2, 0) is 15.0 Å². The minimum atomic E-state index is -5.08. The summed E-state index contributed by atoms with van der Waals surface area (Å²) in [7, 11) is 0. The molecule has 0 bridgehead atoms. The zero-order valence-electron chi connectivity index (χ0n) is 21.9. The van der Waals surface area contributed by atoms with Crippen molar-refractivity contribution in [2.45, 2.75) is 38.5 Å². The number of aliphatic carboxylic acids is 2. The third-order valence-corrected chi connectivity index (χ3v) is 4.92. The maximum absolute atomic E-state index is 12.5. The number of rotatable bonds is 3. The number of carboxylic acid groups (broad SMARTS) is 2. The van der Waals surface area contributed by atoms with Crippen LogP contribution in [0.15, 0.2) is 61.3 Å². The van der Waals surface area contributed by atoms with Gasteiger partial charge in [0, 0.05) is 23.5 Å². The Morgan fingerprint density at radius 3 is 1.76 bits per heavy atom. The zero-order chi connectivity index (χ0) is 31.9. The van der Waals surface area contributed by atoms with Gasteiger partial charge in [-0.2, -0.15) is 31.4 Å². The van der Waals surface area contributed by atoms with E-state index in [2.05, 4.69) is 46.1 Å². The van der Waals surface area contributed by atoms with Gasteiger partial charge in [-0.05, 0) is 35.2 Å². The van der Waals surface area contributed by atoms with Crippen molar-refractivity contribution in [1.82, 2.24) is 24.6 Å². The second-order valence-corrected chi connectivity index (χ2v) is 9.16. The van der Waals surface area contributed by atoms with E-state index in [1.165, 1.54) is 11.9 Å². The van der Waals surface area contributed by atoms with E-state index in [4.69, 9.17) is 19.8 Å². The molecular formula is C25H22F6N6O5. The third-order valence-electron chi connectivity index (χ3n) is 4.92. The number of imidazole rings is 1. The van der Waals surface area contributed by atoms with Gasteiger partial charge in [0.05, 0.1) is 11.9 Å². The first-order valence-electron chi connectivity index (χ1n) is 11.4. The standard InChI is InChI=1S/C21H20N6O.2C2HF3O2/c1-21(2,3)16-6-4-14(5-7-16)20(28)25-18-12-27-19(24-18)9-8-17(26-27)15-10-22-13-23-11-15;2*3-2(4,5)1(6)7/h4-13H,1-3H3,(H,25,28);2*(H,6,7). The van der Waals surface area contributed by atoms with Crippen molar-refractivity contribution >= 4 is 29.3 Å². The van der Waals surface area contributed by atoms with Gasteiger partial charge in [-0.1, -0.05) is 32.9 Å². The number of nitrogens with zero attached hydrogens (tertiary/aromatic N) is 5. The van der Waals surface area contributed by atoms with Gasteiger partial charge in [0.25, 0.3) is 5.91 Å². The molecule has 1 amide bonds. The second-order valence-electron chi connectivity index (χ2n) is 9.16. The maximum Gasteiger partial charge on any atom is 0.490 e. The average Bonchev–Trinajstić information content (AvgIpc) is 3.30. The summed E-state index contributed by atoms with van der Waals surface area (Å²) >= 11 is 0. The number of benzene rings is 1. The average molecular weight is 600 g/mol. The topological polar surface area (TPSA) is 160 Å². The smallest absolute Gasteiger partial charge is 0.475 e. The molecule has 0 unspecified atom stereocenters. The van der Waals surface area contributed by atoms with Gasteiger partial charge >= 0.3 is 24.3 Å². The number of halogens is 6. The van der Waals surface area contributed by atoms with Crippen LogP contribution in [-0.4, -0.2) is 65.0 Å². The molecule has 0 spiro atoms. The van der Waals surface area contributed by atoms with Crippen molar-refractivity contribution in [2.24, 2.45) is 0 Å². The Labute approximate surface area is 232 Å². The molecule has 42 heavy (non-hydrogen) atoms. The molecule has 1 aromatic carbocycles. The first kappa shape index (κ1) is 33.1. The number of aromatic nitrogens is 5. The molecule has 0 saturated heterocycles. The van der Waals surface area contributed by atoms with Crippen molar-refractivity contribution < 1.29 is 50.9 Å². The first-order valence-corrected chi connectivity index (χ1v) is 11.4. The quantitative estimate of drug-likeness (QED) is 0.275. The highest BCUT2D eigenvalue weighted by molar-refractivity contribution is 6.03. The summed E-state index contributed by atoms with van der Waals surface area (Å²) in [6.07, 6.45) is -3.62. The fourth-order valence-electron chi connectivity index (χ4n) is 2.84. The van der Waals surface area contributed by atoms with Gasteiger partial charge in [-0.3, -0.25) is 4.79 Å². The lowest BCUT2D eigenvalue weighted by atomic mass is 9.87. The Morgan fingerprint density at radius 1 is 0.810 bits per heavy atom. The number of alkyl halides is 6. The van der Waals surface area contributed by atoms with E-state index in [-0.39, 0.29) is 11.3 Å². The summed E-state index contributed by atoms with van der Waals surface area (Å²) in [6, 6.07) is 11.3. The van der Waals surface area contributed by atoms with Crippen LogP contribution in [0.25, 0.3) is 16.9 Å². The first-order chi connectivity index (χ1) is 19.3. The van der Waals surface area contributed by atoms with Crippen LogP contribution in [0.2, 0.25) is 0 Å². The summed E-state index contributed by atoms with van der Waals surface area (Å²) in [5.41, 5.74) is 3.98. The van der Waals surface area contributed by atoms with Crippen molar-refractivity contribution in [3.05, 3.63) is 72.4 Å². The van der Waals surface area contributed by atoms with Gasteiger partial charge in [0.15, 0.2) is 11.5 Å². The number of carbonyl (C=O) groups is 3. The predicted octanol–water partition coefficient (Wildman–Crippen LogP) is 5.00. The molecule has 17 heteroatoms. The number of amides is 1. The van der Waals surface area contributed by atoms with E-state index < -0.39 is 24.3 Å². The van der Waals surface area contributed by atoms with Crippen molar-refractivity contribution in [3.8, 4) is 11.3 Å². The van der Waals surface area contributed by atoms with Gasteiger partial charge in [-0.15, -0.1) is 0 Å². The van der Waals surface area contributed by atoms with E-state index in [0.29, 0.717) is 17.0 Å². The van der Waals surface area contributed by atoms with E-state index in [0.717, 1.165) is 11.3 Å². The fraction of sp³-hybridized carbons (Fsp3) is 0.240. The molecule has 0 aliphatic rings. The largest absolute Gasteiger partial charge is 0.490 e. The van der Waals surface area contributed by atoms with E-state index in [1.807, 2.05) is 36.4 Å². The third kappa shape index (κ3) is 9.83. The number of carboxylic acids is 2. The fourth-order valence-corrected chi connectivity index (χ4v) is 2.84. The predicted molar refractivity (Wildman–Crippen MR) is 134 cm³/mol. The highest BCUT2D eigenvalue weighted by Crippen LogP contribution is 2.23. The van der Waals surface area contributed by atoms with Gasteiger partial charge in [-0.25, -0.2) is 29.1 Å². The molecule has 3 aromatic heterocycles. The van der Waals surface area contributed by atoms with E-state index in [9.17, 15) is 31.1 Å². The minimum absolute atomic E-state index is 0.0454. The van der Waals surface area contributed by atoms with Crippen molar-refractivity contribution in [1.29, 1.82) is 0 Å². The molecule has 0 fully saturated rings. The second kappa shape index (κ2) is 13.0. The summed E-state index contributed by atoms with van der Waals surface area (Å²) in [5, 5.41) is 21.6. The van der Waals surface area contributed by atoms with Crippen LogP contribution < -0.4 is 5.32 Å². The Balaban J connectivity index is 0.000000367. The molecule has 0 aliphatic carbocycles. The molecule has 4 aromatic rings. The monoisotopic (exact) mass is 600 g/mol. The molecular weight excluding hydrogens is 578 g/mol. The molecule has 3 heterocycles. The SMILES string of the molecule is CC(C)(C)c1ccc(C(=O)Nc2cn3nc(-c4cncnc4)ccc3n2)cc1.O=C(O)C(F)(F)F.O=C(O)C(F)(F)F. The van der Waals surface area contributed by atoms with Crippen LogP contribution >= 0.6 is 0 Å². The normalized spacial score (nSPS) is 11.5. The summed E-state index contributed by atoms with van der Waals surface area (Å²) < 4.78 is 65.1. The lowest BCUT2D eigenvalue weighted by Gasteiger charge is -2.18. The van der Waals surface area contributed by atoms with Gasteiger partial charge in [0.1, 0.15) is 6.33 Å². The summed E-state index contributed by atoms with van der Waals surface area (Å²) in [5.74, 6) is -5.28. The molecule has 4 rings (SSSR count).